The highest BCUT2D eigenvalue weighted by Gasteiger charge is 2.36. The minimum absolute atomic E-state index is 0.0479. The summed E-state index contributed by atoms with van der Waals surface area (Å²) in [5.74, 6) is -0.868. The number of nitrogens with one attached hydrogen (secondary N) is 1. The number of hydrogen-bond acceptors (Lipinski definition) is 6. The van der Waals surface area contributed by atoms with E-state index in [9.17, 15) is 18.0 Å². The Kier molecular flexibility index (Phi) is 7.20. The number of amides is 2. The third-order valence-corrected chi connectivity index (χ3v) is 6.27. The molecule has 1 saturated heterocycles. The molecule has 8 nitrogen and oxygen atoms in total. The normalized spacial score (nSPS) is 18.3. The summed E-state index contributed by atoms with van der Waals surface area (Å²) in [4.78, 5) is 28.4. The number of benzene rings is 1. The summed E-state index contributed by atoms with van der Waals surface area (Å²) < 4.78 is 28.8. The number of hydrogen-bond donors (Lipinski definition) is 1. The Balaban J connectivity index is 2.05. The second-order valence-corrected chi connectivity index (χ2v) is 9.08. The summed E-state index contributed by atoms with van der Waals surface area (Å²) in [7, 11) is 2.09. The Morgan fingerprint density at radius 3 is 2.52 bits per heavy atom. The molecule has 0 aliphatic carbocycles. The number of nitrogens with zero attached hydrogens (tertiary/aromatic N) is 2. The fourth-order valence-electron chi connectivity index (χ4n) is 3.01. The third-order valence-electron chi connectivity index (χ3n) is 4.52. The van der Waals surface area contributed by atoms with E-state index in [1.807, 2.05) is 31.1 Å². The largest absolute Gasteiger partial charge is 0.496 e. The van der Waals surface area contributed by atoms with Gasteiger partial charge in [0.2, 0.25) is 0 Å². The molecule has 2 amide bonds. The van der Waals surface area contributed by atoms with Crippen LogP contribution >= 0.6 is 0 Å². The molecular weight excluding hydrogens is 370 g/mol. The molecule has 0 radical (unpaired) electrons. The lowest BCUT2D eigenvalue weighted by Crippen LogP contribution is -2.50. The second-order valence-electron chi connectivity index (χ2n) is 6.85. The molecule has 1 unspecified atom stereocenters. The average Bonchev–Trinajstić information content (AvgIpc) is 2.99. The number of likely N-dealkylation sites (N-methyl/N-ethyl adjacent to an activating group) is 1. The molecule has 150 valence electrons. The zero-order valence-electron chi connectivity index (χ0n) is 16.0. The molecule has 1 aliphatic heterocycles. The molecule has 1 atom stereocenters. The number of methoxy groups -OCH3 is 1. The van der Waals surface area contributed by atoms with E-state index in [-0.39, 0.29) is 18.1 Å². The van der Waals surface area contributed by atoms with Crippen molar-refractivity contribution in [2.45, 2.75) is 19.0 Å². The van der Waals surface area contributed by atoms with Gasteiger partial charge >= 0.3 is 11.8 Å². The first-order chi connectivity index (χ1) is 12.7. The molecule has 1 N–H and O–H groups in total. The predicted molar refractivity (Wildman–Crippen MR) is 102 cm³/mol. The van der Waals surface area contributed by atoms with Gasteiger partial charge < -0.3 is 19.9 Å². The summed E-state index contributed by atoms with van der Waals surface area (Å²) >= 11 is 0. The Morgan fingerprint density at radius 2 is 1.93 bits per heavy atom. The zero-order chi connectivity index (χ0) is 20.0. The van der Waals surface area contributed by atoms with E-state index in [4.69, 9.17) is 4.74 Å². The van der Waals surface area contributed by atoms with E-state index in [2.05, 4.69) is 5.32 Å². The van der Waals surface area contributed by atoms with Crippen molar-refractivity contribution in [2.75, 3.05) is 45.8 Å². The van der Waals surface area contributed by atoms with Crippen LogP contribution in [0.2, 0.25) is 0 Å². The molecule has 1 aromatic rings. The maximum atomic E-state index is 12.7. The van der Waals surface area contributed by atoms with Crippen LogP contribution < -0.4 is 10.1 Å². The fourth-order valence-corrected chi connectivity index (χ4v) is 4.74. The number of carbonyl (C=O) groups excluding carboxylic acids is 2. The minimum atomic E-state index is -3.16. The van der Waals surface area contributed by atoms with E-state index in [0.29, 0.717) is 25.3 Å². The van der Waals surface area contributed by atoms with Gasteiger partial charge in [-0.25, -0.2) is 8.42 Å². The van der Waals surface area contributed by atoms with Crippen molar-refractivity contribution < 1.29 is 22.7 Å². The number of para-hydroxylation sites is 1. The van der Waals surface area contributed by atoms with E-state index in [1.54, 1.807) is 12.1 Å². The van der Waals surface area contributed by atoms with Gasteiger partial charge in [0.15, 0.2) is 9.84 Å². The molecule has 9 heteroatoms. The Hall–Kier alpha value is -2.13. The topological polar surface area (TPSA) is 96.0 Å². The molecule has 0 saturated carbocycles. The number of sulfone groups is 1. The van der Waals surface area contributed by atoms with E-state index < -0.39 is 27.7 Å². The van der Waals surface area contributed by atoms with Gasteiger partial charge in [0.1, 0.15) is 5.75 Å². The quantitative estimate of drug-likeness (QED) is 0.645. The summed E-state index contributed by atoms with van der Waals surface area (Å²) in [5, 5.41) is 2.61. The van der Waals surface area contributed by atoms with Crippen molar-refractivity contribution >= 4 is 21.7 Å². The van der Waals surface area contributed by atoms with Crippen LogP contribution in [0.3, 0.4) is 0 Å². The van der Waals surface area contributed by atoms with Gasteiger partial charge in [-0.15, -0.1) is 0 Å². The summed E-state index contributed by atoms with van der Waals surface area (Å²) in [6.07, 6.45) is 0.362. The van der Waals surface area contributed by atoms with Gasteiger partial charge in [0.05, 0.1) is 18.6 Å². The SMILES string of the molecule is COc1ccccc1CNC(=O)C(=O)N(CCN(C)C)C1CCS(=O)(=O)C1. The Labute approximate surface area is 160 Å². The van der Waals surface area contributed by atoms with Crippen molar-refractivity contribution in [3.8, 4) is 5.75 Å². The van der Waals surface area contributed by atoms with Crippen molar-refractivity contribution in [1.29, 1.82) is 0 Å². The van der Waals surface area contributed by atoms with Crippen LogP contribution in [0.4, 0.5) is 0 Å². The highest BCUT2D eigenvalue weighted by atomic mass is 32.2. The lowest BCUT2D eigenvalue weighted by molar-refractivity contribution is -0.147. The van der Waals surface area contributed by atoms with Crippen LogP contribution in [0.15, 0.2) is 24.3 Å². The van der Waals surface area contributed by atoms with Crippen LogP contribution in [-0.4, -0.2) is 81.9 Å². The molecular formula is C18H27N3O5S. The lowest BCUT2D eigenvalue weighted by Gasteiger charge is -2.28. The second kappa shape index (κ2) is 9.18. The zero-order valence-corrected chi connectivity index (χ0v) is 16.8. The average molecular weight is 397 g/mol. The van der Waals surface area contributed by atoms with Crippen molar-refractivity contribution in [2.24, 2.45) is 0 Å². The van der Waals surface area contributed by atoms with Gasteiger partial charge in [0, 0.05) is 31.2 Å². The first-order valence-corrected chi connectivity index (χ1v) is 10.6. The first kappa shape index (κ1) is 21.2. The minimum Gasteiger partial charge on any atom is -0.496 e. The highest BCUT2D eigenvalue weighted by Crippen LogP contribution is 2.19. The van der Waals surface area contributed by atoms with Crippen LogP contribution in [-0.2, 0) is 26.0 Å². The van der Waals surface area contributed by atoms with Crippen molar-refractivity contribution in [3.05, 3.63) is 29.8 Å². The van der Waals surface area contributed by atoms with Crippen LogP contribution in [0.25, 0.3) is 0 Å². The van der Waals surface area contributed by atoms with E-state index in [1.165, 1.54) is 12.0 Å². The Bertz CT molecular complexity index is 779. The smallest absolute Gasteiger partial charge is 0.312 e. The van der Waals surface area contributed by atoms with Crippen LogP contribution in [0.1, 0.15) is 12.0 Å². The van der Waals surface area contributed by atoms with Crippen LogP contribution in [0, 0.1) is 0 Å². The van der Waals surface area contributed by atoms with Gasteiger partial charge in [-0.3, -0.25) is 9.59 Å². The van der Waals surface area contributed by atoms with Gasteiger partial charge in [0.25, 0.3) is 0 Å². The molecule has 1 heterocycles. The number of carbonyl (C=O) groups is 2. The molecule has 0 spiro atoms. The Morgan fingerprint density at radius 1 is 1.22 bits per heavy atom. The first-order valence-electron chi connectivity index (χ1n) is 8.79. The molecule has 2 rings (SSSR count). The number of rotatable bonds is 7. The molecule has 1 aliphatic rings. The standard InChI is InChI=1S/C18H27N3O5S/c1-20(2)9-10-21(15-8-11-27(24,25)13-15)18(23)17(22)19-12-14-6-4-5-7-16(14)26-3/h4-7,15H,8-13H2,1-3H3,(H,19,22). The number of ether oxygens (including phenoxy) is 1. The predicted octanol–water partition coefficient (Wildman–Crippen LogP) is -0.111. The van der Waals surface area contributed by atoms with Gasteiger partial charge in [-0.1, -0.05) is 18.2 Å². The maximum Gasteiger partial charge on any atom is 0.312 e. The molecule has 27 heavy (non-hydrogen) atoms. The van der Waals surface area contributed by atoms with Crippen molar-refractivity contribution in [1.82, 2.24) is 15.1 Å². The van der Waals surface area contributed by atoms with E-state index in [0.717, 1.165) is 5.56 Å². The maximum absolute atomic E-state index is 12.7. The summed E-state index contributed by atoms with van der Waals surface area (Å²) in [5.41, 5.74) is 0.754. The van der Waals surface area contributed by atoms with E-state index >= 15 is 0 Å². The monoisotopic (exact) mass is 397 g/mol. The lowest BCUT2D eigenvalue weighted by atomic mass is 10.2. The van der Waals surface area contributed by atoms with Crippen LogP contribution in [0.5, 0.6) is 5.75 Å². The molecule has 0 bridgehead atoms. The van der Waals surface area contributed by atoms with Crippen molar-refractivity contribution in [3.63, 3.8) is 0 Å². The molecule has 1 aromatic carbocycles. The molecule has 0 aromatic heterocycles. The third kappa shape index (κ3) is 5.93. The van der Waals surface area contributed by atoms with Gasteiger partial charge in [-0.05, 0) is 26.6 Å². The summed E-state index contributed by atoms with van der Waals surface area (Å²) in [6, 6.07) is 6.75. The fraction of sp³-hybridized carbons (Fsp3) is 0.556. The molecule has 1 fully saturated rings. The van der Waals surface area contributed by atoms with Gasteiger partial charge in [-0.2, -0.15) is 0 Å². The highest BCUT2D eigenvalue weighted by molar-refractivity contribution is 7.91. The summed E-state index contributed by atoms with van der Waals surface area (Å²) in [6.45, 7) is 0.995.